The van der Waals surface area contributed by atoms with Gasteiger partial charge in [0.15, 0.2) is 0 Å². The number of pyridine rings is 1. The van der Waals surface area contributed by atoms with Gasteiger partial charge in [-0.2, -0.15) is 0 Å². The van der Waals surface area contributed by atoms with Crippen LogP contribution in [0, 0.1) is 13.8 Å². The SMILES string of the molecule is CCC(N)Cc1cc(Br)ccc1Sc1cc(C)cc(C)n1. The number of nitrogens with zero attached hydrogens (tertiary/aromatic N) is 1. The lowest BCUT2D eigenvalue weighted by Gasteiger charge is -2.14. The Hall–Kier alpha value is -0.840. The predicted molar refractivity (Wildman–Crippen MR) is 93.9 cm³/mol. The van der Waals surface area contributed by atoms with Crippen LogP contribution < -0.4 is 5.73 Å². The van der Waals surface area contributed by atoms with Gasteiger partial charge in [0.05, 0.1) is 0 Å². The van der Waals surface area contributed by atoms with E-state index in [0.29, 0.717) is 0 Å². The van der Waals surface area contributed by atoms with E-state index < -0.39 is 0 Å². The Bertz CT molecular complexity index is 608. The van der Waals surface area contributed by atoms with Gasteiger partial charge in [-0.15, -0.1) is 0 Å². The van der Waals surface area contributed by atoms with E-state index in [1.165, 1.54) is 16.0 Å². The van der Waals surface area contributed by atoms with Crippen LogP contribution in [0.4, 0.5) is 0 Å². The zero-order valence-corrected chi connectivity index (χ0v) is 15.1. The van der Waals surface area contributed by atoms with Crippen LogP contribution in [0.1, 0.15) is 30.2 Å². The van der Waals surface area contributed by atoms with Crippen LogP contribution in [0.25, 0.3) is 0 Å². The minimum atomic E-state index is 0.200. The van der Waals surface area contributed by atoms with Crippen LogP contribution in [0.2, 0.25) is 0 Å². The zero-order chi connectivity index (χ0) is 15.4. The second kappa shape index (κ2) is 7.43. The maximum atomic E-state index is 6.13. The molecule has 1 unspecified atom stereocenters. The first-order valence-electron chi connectivity index (χ1n) is 7.15. The van der Waals surface area contributed by atoms with E-state index in [2.05, 4.69) is 65.1 Å². The van der Waals surface area contributed by atoms with Gasteiger partial charge >= 0.3 is 0 Å². The number of nitrogens with two attached hydrogens (primary N) is 1. The smallest absolute Gasteiger partial charge is 0.101 e. The standard InChI is InChI=1S/C17H21BrN2S/c1-4-15(19)10-13-9-14(18)5-6-16(13)21-17-8-11(2)7-12(3)20-17/h5-9,15H,4,10,19H2,1-3H3. The third kappa shape index (κ3) is 4.83. The van der Waals surface area contributed by atoms with Crippen LogP contribution in [-0.4, -0.2) is 11.0 Å². The molecule has 0 aliphatic rings. The quantitative estimate of drug-likeness (QED) is 0.820. The molecule has 112 valence electrons. The van der Waals surface area contributed by atoms with E-state index in [1.807, 2.05) is 6.92 Å². The molecule has 0 amide bonds. The molecule has 0 radical (unpaired) electrons. The number of benzene rings is 1. The molecule has 1 atom stereocenters. The molecule has 4 heteroatoms. The van der Waals surface area contributed by atoms with Crippen molar-refractivity contribution in [2.45, 2.75) is 49.6 Å². The van der Waals surface area contributed by atoms with Crippen molar-refractivity contribution in [3.05, 3.63) is 51.6 Å². The summed E-state index contributed by atoms with van der Waals surface area (Å²) in [5, 5.41) is 1.04. The van der Waals surface area contributed by atoms with Gasteiger partial charge in [-0.25, -0.2) is 4.98 Å². The Labute approximate surface area is 139 Å². The first kappa shape index (κ1) is 16.5. The molecule has 2 nitrogen and oxygen atoms in total. The van der Waals surface area contributed by atoms with Gasteiger partial charge in [-0.3, -0.25) is 0 Å². The minimum Gasteiger partial charge on any atom is -0.327 e. The molecule has 2 N–H and O–H groups in total. The summed E-state index contributed by atoms with van der Waals surface area (Å²) in [6.07, 6.45) is 1.88. The van der Waals surface area contributed by atoms with Crippen molar-refractivity contribution in [1.82, 2.24) is 4.98 Å². The largest absolute Gasteiger partial charge is 0.327 e. The van der Waals surface area contributed by atoms with Crippen molar-refractivity contribution in [3.63, 3.8) is 0 Å². The van der Waals surface area contributed by atoms with Gasteiger partial charge in [0.1, 0.15) is 5.03 Å². The van der Waals surface area contributed by atoms with Crippen LogP contribution in [0.15, 0.2) is 44.7 Å². The van der Waals surface area contributed by atoms with Gasteiger partial charge in [0, 0.05) is 21.1 Å². The second-order valence-corrected chi connectivity index (χ2v) is 7.33. The van der Waals surface area contributed by atoms with Crippen molar-refractivity contribution in [2.75, 3.05) is 0 Å². The van der Waals surface area contributed by atoms with E-state index in [0.717, 1.165) is 28.0 Å². The molecule has 1 heterocycles. The molecule has 0 saturated heterocycles. The zero-order valence-electron chi connectivity index (χ0n) is 12.7. The molecule has 0 spiro atoms. The molecule has 0 saturated carbocycles. The average Bonchev–Trinajstić information content (AvgIpc) is 2.40. The van der Waals surface area contributed by atoms with Crippen LogP contribution in [-0.2, 0) is 6.42 Å². The Kier molecular flexibility index (Phi) is 5.85. The second-order valence-electron chi connectivity index (χ2n) is 5.35. The Morgan fingerprint density at radius 2 is 2.00 bits per heavy atom. The summed E-state index contributed by atoms with van der Waals surface area (Å²) >= 11 is 5.27. The van der Waals surface area contributed by atoms with Crippen LogP contribution in [0.5, 0.6) is 0 Å². The van der Waals surface area contributed by atoms with Crippen molar-refractivity contribution >= 4 is 27.7 Å². The number of aryl methyl sites for hydroxylation is 2. The van der Waals surface area contributed by atoms with Gasteiger partial charge in [0.25, 0.3) is 0 Å². The summed E-state index contributed by atoms with van der Waals surface area (Å²) in [7, 11) is 0. The molecule has 0 aliphatic heterocycles. The molecule has 0 fully saturated rings. The number of aromatic nitrogens is 1. The summed E-state index contributed by atoms with van der Waals surface area (Å²) in [6, 6.07) is 10.8. The normalized spacial score (nSPS) is 12.4. The van der Waals surface area contributed by atoms with Crippen molar-refractivity contribution < 1.29 is 0 Å². The van der Waals surface area contributed by atoms with Gasteiger partial charge in [-0.05, 0) is 68.1 Å². The van der Waals surface area contributed by atoms with Crippen molar-refractivity contribution in [2.24, 2.45) is 5.73 Å². The summed E-state index contributed by atoms with van der Waals surface area (Å²) in [6.45, 7) is 6.27. The third-order valence-corrected chi connectivity index (χ3v) is 4.85. The Morgan fingerprint density at radius 1 is 1.24 bits per heavy atom. The topological polar surface area (TPSA) is 38.9 Å². The van der Waals surface area contributed by atoms with E-state index >= 15 is 0 Å². The molecule has 0 bridgehead atoms. The van der Waals surface area contributed by atoms with Crippen molar-refractivity contribution in [3.8, 4) is 0 Å². The summed E-state index contributed by atoms with van der Waals surface area (Å²) in [4.78, 5) is 5.85. The fourth-order valence-electron chi connectivity index (χ4n) is 2.20. The number of hydrogen-bond donors (Lipinski definition) is 1. The van der Waals surface area contributed by atoms with E-state index in [-0.39, 0.29) is 6.04 Å². The molecular formula is C17H21BrN2S. The van der Waals surface area contributed by atoms with Gasteiger partial charge < -0.3 is 5.73 Å². The Morgan fingerprint density at radius 3 is 2.67 bits per heavy atom. The Balaban J connectivity index is 2.30. The average molecular weight is 365 g/mol. The highest BCUT2D eigenvalue weighted by Crippen LogP contribution is 2.32. The number of rotatable bonds is 5. The lowest BCUT2D eigenvalue weighted by Crippen LogP contribution is -2.21. The molecule has 1 aromatic carbocycles. The highest BCUT2D eigenvalue weighted by Gasteiger charge is 2.10. The summed E-state index contributed by atoms with van der Waals surface area (Å²) < 4.78 is 1.10. The van der Waals surface area contributed by atoms with Crippen molar-refractivity contribution in [1.29, 1.82) is 0 Å². The summed E-state index contributed by atoms with van der Waals surface area (Å²) in [5.41, 5.74) is 9.71. The lowest BCUT2D eigenvalue weighted by molar-refractivity contribution is 0.641. The molecule has 2 aromatic rings. The van der Waals surface area contributed by atoms with Gasteiger partial charge in [0.2, 0.25) is 0 Å². The first-order chi connectivity index (χ1) is 9.97. The van der Waals surface area contributed by atoms with Gasteiger partial charge in [-0.1, -0.05) is 34.6 Å². The molecule has 21 heavy (non-hydrogen) atoms. The molecule has 1 aromatic heterocycles. The maximum absolute atomic E-state index is 6.13. The third-order valence-electron chi connectivity index (χ3n) is 3.32. The highest BCUT2D eigenvalue weighted by atomic mass is 79.9. The number of hydrogen-bond acceptors (Lipinski definition) is 3. The lowest BCUT2D eigenvalue weighted by atomic mass is 10.1. The van der Waals surface area contributed by atoms with Crippen LogP contribution in [0.3, 0.4) is 0 Å². The first-order valence-corrected chi connectivity index (χ1v) is 8.76. The summed E-state index contributed by atoms with van der Waals surface area (Å²) in [5.74, 6) is 0. The monoisotopic (exact) mass is 364 g/mol. The molecule has 0 aliphatic carbocycles. The highest BCUT2D eigenvalue weighted by molar-refractivity contribution is 9.10. The fraction of sp³-hybridized carbons (Fsp3) is 0.353. The predicted octanol–water partition coefficient (Wildman–Crippen LogP) is 4.89. The molecular weight excluding hydrogens is 344 g/mol. The maximum Gasteiger partial charge on any atom is 0.101 e. The van der Waals surface area contributed by atoms with E-state index in [4.69, 9.17) is 5.73 Å². The fourth-order valence-corrected chi connectivity index (χ4v) is 3.68. The minimum absolute atomic E-state index is 0.200. The molecule has 2 rings (SSSR count). The van der Waals surface area contributed by atoms with E-state index in [9.17, 15) is 0 Å². The number of halogens is 1. The van der Waals surface area contributed by atoms with E-state index in [1.54, 1.807) is 11.8 Å². The van der Waals surface area contributed by atoms with Crippen LogP contribution >= 0.6 is 27.7 Å².